The van der Waals surface area contributed by atoms with Crippen LogP contribution in [0.1, 0.15) is 22.5 Å². The van der Waals surface area contributed by atoms with E-state index in [1.807, 2.05) is 0 Å². The van der Waals surface area contributed by atoms with Gasteiger partial charge >= 0.3 is 5.97 Å². The highest BCUT2D eigenvalue weighted by atomic mass is 16.4. The Morgan fingerprint density at radius 2 is 2.56 bits per heavy atom. The number of carboxylic acids is 1. The molecule has 0 aliphatic carbocycles. The molecular weight excluding hydrogens is 208 g/mol. The predicted octanol–water partition coefficient (Wildman–Crippen LogP) is 0.771. The number of nitrogens with zero attached hydrogens (tertiary/aromatic N) is 1. The molecule has 1 aliphatic heterocycles. The molecule has 0 spiro atoms. The molecule has 1 aliphatic rings. The lowest BCUT2D eigenvalue weighted by molar-refractivity contribution is 0.0660. The molecule has 0 aromatic carbocycles. The molecule has 1 aromatic heterocycles. The van der Waals surface area contributed by atoms with Gasteiger partial charge in [-0.1, -0.05) is 0 Å². The van der Waals surface area contributed by atoms with Gasteiger partial charge in [0.05, 0.1) is 6.26 Å². The summed E-state index contributed by atoms with van der Waals surface area (Å²) in [4.78, 5) is 13.1. The third kappa shape index (κ3) is 2.43. The predicted molar refractivity (Wildman–Crippen MR) is 58.4 cm³/mol. The van der Waals surface area contributed by atoms with Crippen molar-refractivity contribution in [3.05, 3.63) is 23.7 Å². The lowest BCUT2D eigenvalue weighted by Crippen LogP contribution is -2.31. The van der Waals surface area contributed by atoms with E-state index in [0.29, 0.717) is 18.2 Å². The van der Waals surface area contributed by atoms with Gasteiger partial charge < -0.3 is 19.7 Å². The average molecular weight is 224 g/mol. The Morgan fingerprint density at radius 3 is 3.19 bits per heavy atom. The topological polar surface area (TPSA) is 65.7 Å². The standard InChI is InChI=1S/C11H16N2O3/c1-13-4-2-9(7-13)12-6-8-3-5-16-10(8)11(14)15/h3,5,9,12H,2,4,6-7H2,1H3,(H,14,15). The summed E-state index contributed by atoms with van der Waals surface area (Å²) < 4.78 is 4.91. The van der Waals surface area contributed by atoms with Crippen LogP contribution in [0.3, 0.4) is 0 Å². The highest BCUT2D eigenvalue weighted by molar-refractivity contribution is 5.86. The summed E-state index contributed by atoms with van der Waals surface area (Å²) in [5.74, 6) is -0.968. The van der Waals surface area contributed by atoms with Crippen LogP contribution in [0, 0.1) is 0 Å². The molecule has 2 rings (SSSR count). The molecule has 0 saturated carbocycles. The molecule has 1 saturated heterocycles. The molecule has 1 aromatic rings. The second-order valence-corrected chi connectivity index (χ2v) is 4.21. The van der Waals surface area contributed by atoms with Gasteiger partial charge in [-0.05, 0) is 26.1 Å². The lowest BCUT2D eigenvalue weighted by Gasteiger charge is -2.11. The highest BCUT2D eigenvalue weighted by Crippen LogP contribution is 2.12. The minimum atomic E-state index is -1.01. The Balaban J connectivity index is 1.89. The van der Waals surface area contributed by atoms with Crippen LogP contribution in [-0.2, 0) is 6.54 Å². The maximum Gasteiger partial charge on any atom is 0.372 e. The van der Waals surface area contributed by atoms with E-state index in [-0.39, 0.29) is 5.76 Å². The van der Waals surface area contributed by atoms with Crippen LogP contribution in [0.2, 0.25) is 0 Å². The van der Waals surface area contributed by atoms with Crippen LogP contribution in [0.5, 0.6) is 0 Å². The van der Waals surface area contributed by atoms with Crippen LogP contribution >= 0.6 is 0 Å². The fourth-order valence-electron chi connectivity index (χ4n) is 2.02. The van der Waals surface area contributed by atoms with Crippen LogP contribution in [-0.4, -0.2) is 42.2 Å². The Kier molecular flexibility index (Phi) is 3.26. The minimum absolute atomic E-state index is 0.0406. The van der Waals surface area contributed by atoms with Crippen LogP contribution in [0.25, 0.3) is 0 Å². The molecule has 0 bridgehead atoms. The van der Waals surface area contributed by atoms with Crippen molar-refractivity contribution in [1.29, 1.82) is 0 Å². The van der Waals surface area contributed by atoms with Gasteiger partial charge in [-0.25, -0.2) is 4.79 Å². The van der Waals surface area contributed by atoms with E-state index >= 15 is 0 Å². The maximum absolute atomic E-state index is 10.8. The van der Waals surface area contributed by atoms with E-state index in [9.17, 15) is 4.79 Å². The van der Waals surface area contributed by atoms with Gasteiger partial charge in [-0.3, -0.25) is 0 Å². The third-order valence-electron chi connectivity index (χ3n) is 2.91. The van der Waals surface area contributed by atoms with Crippen LogP contribution in [0.4, 0.5) is 0 Å². The molecule has 1 atom stereocenters. The van der Waals surface area contributed by atoms with Gasteiger partial charge in [0.25, 0.3) is 0 Å². The minimum Gasteiger partial charge on any atom is -0.475 e. The van der Waals surface area contributed by atoms with Gasteiger partial charge in [0.2, 0.25) is 5.76 Å². The van der Waals surface area contributed by atoms with Crippen molar-refractivity contribution in [3.63, 3.8) is 0 Å². The molecule has 2 heterocycles. The Hall–Kier alpha value is -1.33. The van der Waals surface area contributed by atoms with Crippen molar-refractivity contribution in [2.45, 2.75) is 19.0 Å². The monoisotopic (exact) mass is 224 g/mol. The summed E-state index contributed by atoms with van der Waals surface area (Å²) >= 11 is 0. The molecule has 1 fully saturated rings. The number of hydrogen-bond acceptors (Lipinski definition) is 4. The maximum atomic E-state index is 10.8. The second-order valence-electron chi connectivity index (χ2n) is 4.21. The van der Waals surface area contributed by atoms with Gasteiger partial charge in [0, 0.05) is 24.7 Å². The molecule has 16 heavy (non-hydrogen) atoms. The van der Waals surface area contributed by atoms with Gasteiger partial charge in [-0.2, -0.15) is 0 Å². The molecule has 0 amide bonds. The fraction of sp³-hybridized carbons (Fsp3) is 0.545. The van der Waals surface area contributed by atoms with Crippen molar-refractivity contribution in [2.75, 3.05) is 20.1 Å². The number of likely N-dealkylation sites (tertiary alicyclic amines) is 1. The van der Waals surface area contributed by atoms with Crippen molar-refractivity contribution >= 4 is 5.97 Å². The largest absolute Gasteiger partial charge is 0.475 e. The smallest absolute Gasteiger partial charge is 0.372 e. The number of likely N-dealkylation sites (N-methyl/N-ethyl adjacent to an activating group) is 1. The normalized spacial score (nSPS) is 21.4. The molecule has 2 N–H and O–H groups in total. The summed E-state index contributed by atoms with van der Waals surface area (Å²) in [5, 5.41) is 12.2. The van der Waals surface area contributed by atoms with Crippen LogP contribution < -0.4 is 5.32 Å². The van der Waals surface area contributed by atoms with Gasteiger partial charge in [0.1, 0.15) is 0 Å². The Morgan fingerprint density at radius 1 is 1.75 bits per heavy atom. The first-order chi connectivity index (χ1) is 7.66. The highest BCUT2D eigenvalue weighted by Gasteiger charge is 2.20. The van der Waals surface area contributed by atoms with E-state index in [1.54, 1.807) is 6.07 Å². The number of hydrogen-bond donors (Lipinski definition) is 2. The van der Waals surface area contributed by atoms with Crippen molar-refractivity contribution < 1.29 is 14.3 Å². The van der Waals surface area contributed by atoms with Crippen molar-refractivity contribution in [2.24, 2.45) is 0 Å². The van der Waals surface area contributed by atoms with Crippen molar-refractivity contribution in [3.8, 4) is 0 Å². The first-order valence-electron chi connectivity index (χ1n) is 5.38. The third-order valence-corrected chi connectivity index (χ3v) is 2.91. The zero-order valence-electron chi connectivity index (χ0n) is 9.27. The second kappa shape index (κ2) is 4.67. The van der Waals surface area contributed by atoms with E-state index in [4.69, 9.17) is 9.52 Å². The zero-order valence-corrected chi connectivity index (χ0v) is 9.27. The van der Waals surface area contributed by atoms with Crippen LogP contribution in [0.15, 0.2) is 16.7 Å². The Labute approximate surface area is 94.0 Å². The number of rotatable bonds is 4. The van der Waals surface area contributed by atoms with E-state index in [2.05, 4.69) is 17.3 Å². The lowest BCUT2D eigenvalue weighted by atomic mass is 10.2. The van der Waals surface area contributed by atoms with E-state index in [1.165, 1.54) is 6.26 Å². The summed E-state index contributed by atoms with van der Waals surface area (Å²) in [5.41, 5.74) is 0.710. The first kappa shape index (κ1) is 11.2. The molecule has 0 radical (unpaired) electrons. The molecule has 1 unspecified atom stereocenters. The van der Waals surface area contributed by atoms with E-state index in [0.717, 1.165) is 19.5 Å². The molecule has 5 heteroatoms. The number of furan rings is 1. The van der Waals surface area contributed by atoms with Gasteiger partial charge in [-0.15, -0.1) is 0 Å². The quantitative estimate of drug-likeness (QED) is 0.791. The summed E-state index contributed by atoms with van der Waals surface area (Å²) in [6, 6.07) is 2.15. The molecule has 5 nitrogen and oxygen atoms in total. The van der Waals surface area contributed by atoms with E-state index < -0.39 is 5.97 Å². The average Bonchev–Trinajstić information content (AvgIpc) is 2.83. The molecular formula is C11H16N2O3. The Bertz CT molecular complexity index is 375. The fourth-order valence-corrected chi connectivity index (χ4v) is 2.02. The zero-order chi connectivity index (χ0) is 11.5. The SMILES string of the molecule is CN1CCC(NCc2ccoc2C(=O)O)C1. The summed E-state index contributed by atoms with van der Waals surface area (Å²) in [7, 11) is 2.09. The van der Waals surface area contributed by atoms with Crippen molar-refractivity contribution in [1.82, 2.24) is 10.2 Å². The first-order valence-corrected chi connectivity index (χ1v) is 5.38. The summed E-state index contributed by atoms with van der Waals surface area (Å²) in [6.07, 6.45) is 2.53. The number of carbonyl (C=O) groups is 1. The number of carboxylic acid groups (broad SMARTS) is 1. The molecule has 88 valence electrons. The number of nitrogens with one attached hydrogen (secondary N) is 1. The number of aromatic carboxylic acids is 1. The summed E-state index contributed by atoms with van der Waals surface area (Å²) in [6.45, 7) is 2.66. The van der Waals surface area contributed by atoms with Gasteiger partial charge in [0.15, 0.2) is 0 Å².